The molecule has 1 heterocycles. The number of nitrogens with zero attached hydrogens (tertiary/aromatic N) is 1. The van der Waals surface area contributed by atoms with Crippen LogP contribution in [-0.4, -0.2) is 18.1 Å². The van der Waals surface area contributed by atoms with Gasteiger partial charge in [-0.2, -0.15) is 0 Å². The van der Waals surface area contributed by atoms with Gasteiger partial charge in [0.05, 0.1) is 12.5 Å². The zero-order valence-electron chi connectivity index (χ0n) is 9.23. The fourth-order valence-corrected chi connectivity index (χ4v) is 1.38. The van der Waals surface area contributed by atoms with E-state index in [4.69, 9.17) is 10.5 Å². The van der Waals surface area contributed by atoms with Crippen LogP contribution in [-0.2, 0) is 9.53 Å². The highest BCUT2D eigenvalue weighted by Crippen LogP contribution is 2.31. The molecule has 0 amide bonds. The van der Waals surface area contributed by atoms with E-state index in [9.17, 15) is 4.79 Å². The number of hydrogen-bond donors (Lipinski definition) is 1. The maximum atomic E-state index is 11.5. The molecule has 1 aromatic rings. The monoisotopic (exact) mass is 208 g/mol. The van der Waals surface area contributed by atoms with E-state index in [1.807, 2.05) is 0 Å². The summed E-state index contributed by atoms with van der Waals surface area (Å²) in [5, 5.41) is 0. The van der Waals surface area contributed by atoms with E-state index in [0.29, 0.717) is 0 Å². The number of rotatable bonds is 3. The quantitative estimate of drug-likeness (QED) is 0.760. The van der Waals surface area contributed by atoms with Crippen molar-refractivity contribution in [2.45, 2.75) is 19.9 Å². The van der Waals surface area contributed by atoms with Crippen molar-refractivity contribution in [1.29, 1.82) is 0 Å². The zero-order chi connectivity index (χ0) is 11.5. The summed E-state index contributed by atoms with van der Waals surface area (Å²) in [6, 6.07) is 3.21. The van der Waals surface area contributed by atoms with Crippen LogP contribution in [0, 0.1) is 5.41 Å². The summed E-state index contributed by atoms with van der Waals surface area (Å²) in [4.78, 5) is 15.4. The van der Waals surface area contributed by atoms with Gasteiger partial charge < -0.3 is 10.5 Å². The molecule has 0 radical (unpaired) electrons. The molecule has 0 bridgehead atoms. The molecule has 15 heavy (non-hydrogen) atoms. The van der Waals surface area contributed by atoms with Gasteiger partial charge in [0.25, 0.3) is 0 Å². The van der Waals surface area contributed by atoms with E-state index < -0.39 is 11.5 Å². The van der Waals surface area contributed by atoms with Gasteiger partial charge in [0, 0.05) is 18.4 Å². The molecule has 0 aliphatic rings. The summed E-state index contributed by atoms with van der Waals surface area (Å²) in [5.41, 5.74) is 6.16. The molecule has 0 unspecified atom stereocenters. The number of esters is 1. The van der Waals surface area contributed by atoms with Crippen LogP contribution in [0.1, 0.15) is 25.5 Å². The molecule has 4 heteroatoms. The molecule has 1 atom stereocenters. The normalized spacial score (nSPS) is 13.3. The van der Waals surface area contributed by atoms with E-state index in [1.54, 1.807) is 38.4 Å². The predicted octanol–water partition coefficient (Wildman–Crippen LogP) is 1.28. The van der Waals surface area contributed by atoms with Crippen LogP contribution in [0.25, 0.3) is 0 Å². The third-order valence-electron chi connectivity index (χ3n) is 2.55. The SMILES string of the molecule is COC(=O)C(C)(C)[C@H](N)c1ccncc1. The Morgan fingerprint density at radius 1 is 1.47 bits per heavy atom. The lowest BCUT2D eigenvalue weighted by atomic mass is 9.81. The van der Waals surface area contributed by atoms with Crippen LogP contribution in [0.3, 0.4) is 0 Å². The molecule has 0 fully saturated rings. The van der Waals surface area contributed by atoms with Crippen molar-refractivity contribution in [3.8, 4) is 0 Å². The highest BCUT2D eigenvalue weighted by atomic mass is 16.5. The van der Waals surface area contributed by atoms with Gasteiger partial charge in [0.1, 0.15) is 0 Å². The van der Waals surface area contributed by atoms with Crippen LogP contribution in [0.15, 0.2) is 24.5 Å². The summed E-state index contributed by atoms with van der Waals surface area (Å²) in [6.07, 6.45) is 3.31. The molecular weight excluding hydrogens is 192 g/mol. The van der Waals surface area contributed by atoms with Crippen molar-refractivity contribution in [2.75, 3.05) is 7.11 Å². The molecular formula is C11H16N2O2. The minimum absolute atomic E-state index is 0.313. The molecule has 2 N–H and O–H groups in total. The first-order chi connectivity index (χ1) is 7.00. The van der Waals surface area contributed by atoms with E-state index in [0.717, 1.165) is 5.56 Å². The minimum atomic E-state index is -0.740. The minimum Gasteiger partial charge on any atom is -0.469 e. The standard InChI is InChI=1S/C11H16N2O2/c1-11(2,10(14)15-3)9(12)8-4-6-13-7-5-8/h4-7,9H,12H2,1-3H3/t9-/m1/s1. The van der Waals surface area contributed by atoms with Crippen LogP contribution < -0.4 is 5.73 Å². The number of hydrogen-bond acceptors (Lipinski definition) is 4. The first-order valence-corrected chi connectivity index (χ1v) is 4.74. The summed E-state index contributed by atoms with van der Waals surface area (Å²) < 4.78 is 4.72. The Morgan fingerprint density at radius 2 is 2.00 bits per heavy atom. The lowest BCUT2D eigenvalue weighted by molar-refractivity contribution is -0.152. The summed E-state index contributed by atoms with van der Waals surface area (Å²) in [7, 11) is 1.36. The molecule has 0 aliphatic heterocycles. The van der Waals surface area contributed by atoms with Crippen LogP contribution in [0.5, 0.6) is 0 Å². The number of carbonyl (C=O) groups is 1. The molecule has 0 aliphatic carbocycles. The second kappa shape index (κ2) is 4.40. The highest BCUT2D eigenvalue weighted by Gasteiger charge is 2.36. The Kier molecular flexibility index (Phi) is 3.42. The Bertz CT molecular complexity index is 336. The second-order valence-electron chi connectivity index (χ2n) is 3.97. The number of nitrogens with two attached hydrogens (primary N) is 1. The van der Waals surface area contributed by atoms with Crippen molar-refractivity contribution in [3.05, 3.63) is 30.1 Å². The van der Waals surface area contributed by atoms with Gasteiger partial charge >= 0.3 is 5.97 Å². The van der Waals surface area contributed by atoms with E-state index >= 15 is 0 Å². The Hall–Kier alpha value is -1.42. The molecule has 0 aromatic carbocycles. The lowest BCUT2D eigenvalue weighted by Crippen LogP contribution is -2.37. The number of pyridine rings is 1. The smallest absolute Gasteiger partial charge is 0.313 e. The summed E-state index contributed by atoms with van der Waals surface area (Å²) in [5.74, 6) is -0.313. The van der Waals surface area contributed by atoms with E-state index in [2.05, 4.69) is 4.98 Å². The van der Waals surface area contributed by atoms with Crippen molar-refractivity contribution < 1.29 is 9.53 Å². The third-order valence-corrected chi connectivity index (χ3v) is 2.55. The van der Waals surface area contributed by atoms with Gasteiger partial charge in [0.15, 0.2) is 0 Å². The molecule has 0 spiro atoms. The van der Waals surface area contributed by atoms with Crippen LogP contribution in [0.2, 0.25) is 0 Å². The van der Waals surface area contributed by atoms with Gasteiger partial charge in [-0.05, 0) is 31.5 Å². The Balaban J connectivity index is 2.94. The van der Waals surface area contributed by atoms with Gasteiger partial charge in [-0.25, -0.2) is 0 Å². The first kappa shape index (κ1) is 11.7. The molecule has 82 valence electrons. The molecule has 1 rings (SSSR count). The molecule has 4 nitrogen and oxygen atoms in total. The number of aromatic nitrogens is 1. The molecule has 0 saturated heterocycles. The zero-order valence-corrected chi connectivity index (χ0v) is 9.23. The highest BCUT2D eigenvalue weighted by molar-refractivity contribution is 5.77. The Labute approximate surface area is 89.5 Å². The maximum Gasteiger partial charge on any atom is 0.313 e. The average molecular weight is 208 g/mol. The largest absolute Gasteiger partial charge is 0.469 e. The van der Waals surface area contributed by atoms with Crippen molar-refractivity contribution in [3.63, 3.8) is 0 Å². The van der Waals surface area contributed by atoms with Gasteiger partial charge in [0.2, 0.25) is 0 Å². The average Bonchev–Trinajstić information content (AvgIpc) is 2.28. The number of methoxy groups -OCH3 is 1. The fraction of sp³-hybridized carbons (Fsp3) is 0.455. The van der Waals surface area contributed by atoms with E-state index in [-0.39, 0.29) is 5.97 Å². The Morgan fingerprint density at radius 3 is 2.47 bits per heavy atom. The maximum absolute atomic E-state index is 11.5. The van der Waals surface area contributed by atoms with Crippen molar-refractivity contribution in [1.82, 2.24) is 4.98 Å². The second-order valence-corrected chi connectivity index (χ2v) is 3.97. The third kappa shape index (κ3) is 2.33. The molecule has 0 saturated carbocycles. The predicted molar refractivity (Wildman–Crippen MR) is 57.0 cm³/mol. The van der Waals surface area contributed by atoms with Gasteiger partial charge in [-0.15, -0.1) is 0 Å². The van der Waals surface area contributed by atoms with Crippen molar-refractivity contribution >= 4 is 5.97 Å². The van der Waals surface area contributed by atoms with Gasteiger partial charge in [-0.3, -0.25) is 9.78 Å². The number of ether oxygens (including phenoxy) is 1. The van der Waals surface area contributed by atoms with Gasteiger partial charge in [-0.1, -0.05) is 0 Å². The first-order valence-electron chi connectivity index (χ1n) is 4.74. The lowest BCUT2D eigenvalue weighted by Gasteiger charge is -2.28. The molecule has 1 aromatic heterocycles. The van der Waals surface area contributed by atoms with Crippen LogP contribution in [0.4, 0.5) is 0 Å². The topological polar surface area (TPSA) is 65.2 Å². The summed E-state index contributed by atoms with van der Waals surface area (Å²) in [6.45, 7) is 3.54. The number of carbonyl (C=O) groups excluding carboxylic acids is 1. The summed E-state index contributed by atoms with van der Waals surface area (Å²) >= 11 is 0. The fourth-order valence-electron chi connectivity index (χ4n) is 1.38. The van der Waals surface area contributed by atoms with Crippen molar-refractivity contribution in [2.24, 2.45) is 11.1 Å². The van der Waals surface area contributed by atoms with E-state index in [1.165, 1.54) is 7.11 Å². The van der Waals surface area contributed by atoms with Crippen LogP contribution >= 0.6 is 0 Å².